The van der Waals surface area contributed by atoms with Gasteiger partial charge < -0.3 is 9.47 Å². The second kappa shape index (κ2) is 7.52. The molecular formula is C13H22O2. The minimum absolute atomic E-state index is 0.810. The fraction of sp³-hybridized carbons (Fsp3) is 0.692. The molecule has 1 aliphatic rings. The lowest BCUT2D eigenvalue weighted by molar-refractivity contribution is 0.132. The van der Waals surface area contributed by atoms with Gasteiger partial charge in [0.2, 0.25) is 0 Å². The molecule has 0 aromatic carbocycles. The van der Waals surface area contributed by atoms with E-state index < -0.39 is 0 Å². The van der Waals surface area contributed by atoms with Crippen molar-refractivity contribution in [2.24, 2.45) is 0 Å². The fourth-order valence-corrected chi connectivity index (χ4v) is 1.56. The Morgan fingerprint density at radius 3 is 2.80 bits per heavy atom. The Balaban J connectivity index is 2.07. The van der Waals surface area contributed by atoms with Crippen molar-refractivity contribution in [3.8, 4) is 0 Å². The largest absolute Gasteiger partial charge is 0.494 e. The van der Waals surface area contributed by atoms with Crippen LogP contribution in [0.2, 0.25) is 0 Å². The van der Waals surface area contributed by atoms with Gasteiger partial charge in [0.1, 0.15) is 5.76 Å². The van der Waals surface area contributed by atoms with Gasteiger partial charge in [-0.05, 0) is 51.2 Å². The number of ether oxygens (including phenoxy) is 2. The molecule has 0 bridgehead atoms. The van der Waals surface area contributed by atoms with Gasteiger partial charge in [-0.1, -0.05) is 6.08 Å². The molecule has 15 heavy (non-hydrogen) atoms. The van der Waals surface area contributed by atoms with Crippen molar-refractivity contribution in [3.63, 3.8) is 0 Å². The Hall–Kier alpha value is -0.760. The number of hydrogen-bond donors (Lipinski definition) is 0. The highest BCUT2D eigenvalue weighted by atomic mass is 16.5. The summed E-state index contributed by atoms with van der Waals surface area (Å²) in [6.45, 7) is 6.65. The smallest absolute Gasteiger partial charge is 0.117 e. The summed E-state index contributed by atoms with van der Waals surface area (Å²) in [6.07, 6.45) is 8.74. The topological polar surface area (TPSA) is 18.5 Å². The van der Waals surface area contributed by atoms with Crippen molar-refractivity contribution in [1.29, 1.82) is 0 Å². The molecule has 2 nitrogen and oxygen atoms in total. The molecule has 1 rings (SSSR count). The molecule has 1 aliphatic carbocycles. The minimum atomic E-state index is 0.810. The number of unbranched alkanes of at least 4 members (excludes halogenated alkanes) is 1. The predicted octanol–water partition coefficient (Wildman–Crippen LogP) is 3.44. The van der Waals surface area contributed by atoms with E-state index in [9.17, 15) is 0 Å². The van der Waals surface area contributed by atoms with Crippen molar-refractivity contribution >= 4 is 0 Å². The van der Waals surface area contributed by atoms with E-state index in [2.05, 4.69) is 19.1 Å². The first-order valence-electron chi connectivity index (χ1n) is 5.91. The average molecular weight is 210 g/mol. The third-order valence-electron chi connectivity index (χ3n) is 2.52. The quantitative estimate of drug-likeness (QED) is 0.599. The van der Waals surface area contributed by atoms with Crippen LogP contribution < -0.4 is 0 Å². The molecule has 0 unspecified atom stereocenters. The molecule has 0 saturated heterocycles. The molecule has 86 valence electrons. The number of rotatable bonds is 7. The van der Waals surface area contributed by atoms with Crippen LogP contribution in [0.5, 0.6) is 0 Å². The summed E-state index contributed by atoms with van der Waals surface area (Å²) < 4.78 is 11.0. The van der Waals surface area contributed by atoms with Crippen LogP contribution in [-0.4, -0.2) is 19.8 Å². The highest BCUT2D eigenvalue weighted by Gasteiger charge is 2.04. The zero-order valence-electron chi connectivity index (χ0n) is 9.92. The normalized spacial score (nSPS) is 15.9. The Morgan fingerprint density at radius 1 is 1.27 bits per heavy atom. The van der Waals surface area contributed by atoms with Gasteiger partial charge in [0.25, 0.3) is 0 Å². The van der Waals surface area contributed by atoms with E-state index in [1.54, 1.807) is 0 Å². The Kier molecular flexibility index (Phi) is 6.17. The molecule has 0 amide bonds. The van der Waals surface area contributed by atoms with Gasteiger partial charge in [0.05, 0.1) is 6.61 Å². The van der Waals surface area contributed by atoms with Crippen LogP contribution in [0.3, 0.4) is 0 Å². The zero-order valence-corrected chi connectivity index (χ0v) is 9.92. The summed E-state index contributed by atoms with van der Waals surface area (Å²) in [7, 11) is 0. The van der Waals surface area contributed by atoms with Gasteiger partial charge in [0, 0.05) is 13.2 Å². The first-order valence-corrected chi connectivity index (χ1v) is 5.91. The third-order valence-corrected chi connectivity index (χ3v) is 2.52. The molecule has 0 N–H and O–H groups in total. The van der Waals surface area contributed by atoms with E-state index in [1.165, 1.54) is 5.57 Å². The Bertz CT molecular complexity index is 229. The number of allylic oxidation sites excluding steroid dienone is 3. The summed E-state index contributed by atoms with van der Waals surface area (Å²) in [5.41, 5.74) is 1.38. The molecule has 0 aliphatic heterocycles. The molecule has 0 heterocycles. The fourth-order valence-electron chi connectivity index (χ4n) is 1.56. The van der Waals surface area contributed by atoms with Crippen LogP contribution in [0, 0.1) is 0 Å². The monoisotopic (exact) mass is 210 g/mol. The first-order chi connectivity index (χ1) is 7.34. The van der Waals surface area contributed by atoms with E-state index in [4.69, 9.17) is 9.47 Å². The van der Waals surface area contributed by atoms with Crippen LogP contribution in [0.15, 0.2) is 23.5 Å². The van der Waals surface area contributed by atoms with E-state index in [1.807, 2.05) is 6.92 Å². The Morgan fingerprint density at radius 2 is 2.07 bits per heavy atom. The lowest BCUT2D eigenvalue weighted by Crippen LogP contribution is -2.01. The third kappa shape index (κ3) is 5.03. The lowest BCUT2D eigenvalue weighted by Gasteiger charge is -2.13. The molecule has 0 spiro atoms. The van der Waals surface area contributed by atoms with Crippen LogP contribution in [0.1, 0.15) is 39.5 Å². The molecule has 0 atom stereocenters. The molecule has 0 radical (unpaired) electrons. The summed E-state index contributed by atoms with van der Waals surface area (Å²) >= 11 is 0. The van der Waals surface area contributed by atoms with Crippen LogP contribution in [0.4, 0.5) is 0 Å². The standard InChI is InChI=1S/C13H22O2/c1-3-14-10-6-7-11-15-13-9-5-4-8-12(13)2/h5,9H,3-4,6-8,10-11H2,1-2H3. The maximum atomic E-state index is 5.71. The van der Waals surface area contributed by atoms with E-state index in [0.29, 0.717) is 0 Å². The summed E-state index contributed by atoms with van der Waals surface area (Å²) in [5, 5.41) is 0. The van der Waals surface area contributed by atoms with E-state index in [-0.39, 0.29) is 0 Å². The molecule has 0 aromatic rings. The van der Waals surface area contributed by atoms with Crippen molar-refractivity contribution in [3.05, 3.63) is 23.5 Å². The number of hydrogen-bond acceptors (Lipinski definition) is 2. The van der Waals surface area contributed by atoms with Gasteiger partial charge in [-0.15, -0.1) is 0 Å². The highest BCUT2D eigenvalue weighted by molar-refractivity contribution is 5.22. The molecular weight excluding hydrogens is 188 g/mol. The second-order valence-corrected chi connectivity index (χ2v) is 3.84. The van der Waals surface area contributed by atoms with Gasteiger partial charge in [-0.2, -0.15) is 0 Å². The molecule has 0 aromatic heterocycles. The molecule has 2 heteroatoms. The van der Waals surface area contributed by atoms with Crippen LogP contribution in [-0.2, 0) is 9.47 Å². The van der Waals surface area contributed by atoms with Gasteiger partial charge >= 0.3 is 0 Å². The van der Waals surface area contributed by atoms with E-state index in [0.717, 1.165) is 51.3 Å². The van der Waals surface area contributed by atoms with E-state index >= 15 is 0 Å². The average Bonchev–Trinajstić information content (AvgIpc) is 2.25. The summed E-state index contributed by atoms with van der Waals surface area (Å²) in [5.74, 6) is 1.08. The van der Waals surface area contributed by atoms with Gasteiger partial charge in [-0.3, -0.25) is 0 Å². The van der Waals surface area contributed by atoms with Crippen LogP contribution >= 0.6 is 0 Å². The van der Waals surface area contributed by atoms with Crippen molar-refractivity contribution < 1.29 is 9.47 Å². The lowest BCUT2D eigenvalue weighted by atomic mass is 10.1. The van der Waals surface area contributed by atoms with Gasteiger partial charge in [-0.25, -0.2) is 0 Å². The predicted molar refractivity (Wildman–Crippen MR) is 62.8 cm³/mol. The van der Waals surface area contributed by atoms with Gasteiger partial charge in [0.15, 0.2) is 0 Å². The van der Waals surface area contributed by atoms with Crippen LogP contribution in [0.25, 0.3) is 0 Å². The van der Waals surface area contributed by atoms with Crippen molar-refractivity contribution in [2.45, 2.75) is 39.5 Å². The first kappa shape index (κ1) is 12.3. The zero-order chi connectivity index (χ0) is 10.9. The molecule has 0 fully saturated rings. The van der Waals surface area contributed by atoms with Crippen molar-refractivity contribution in [2.75, 3.05) is 19.8 Å². The molecule has 0 saturated carbocycles. The maximum Gasteiger partial charge on any atom is 0.117 e. The SMILES string of the molecule is CCOCCCCOC1=C(C)CCC=C1. The summed E-state index contributed by atoms with van der Waals surface area (Å²) in [4.78, 5) is 0. The maximum absolute atomic E-state index is 5.71. The summed E-state index contributed by atoms with van der Waals surface area (Å²) in [6, 6.07) is 0. The Labute approximate surface area is 93.0 Å². The second-order valence-electron chi connectivity index (χ2n) is 3.84. The minimum Gasteiger partial charge on any atom is -0.494 e. The highest BCUT2D eigenvalue weighted by Crippen LogP contribution is 2.19. The van der Waals surface area contributed by atoms with Crippen molar-refractivity contribution in [1.82, 2.24) is 0 Å².